The largest absolute Gasteiger partial charge is 0.361 e. The zero-order valence-electron chi connectivity index (χ0n) is 14.7. The predicted octanol–water partition coefficient (Wildman–Crippen LogP) is 0.862. The van der Waals surface area contributed by atoms with Crippen molar-refractivity contribution < 1.29 is 18.0 Å². The molecule has 1 unspecified atom stereocenters. The number of benzene rings is 1. The highest BCUT2D eigenvalue weighted by Gasteiger charge is 2.33. The van der Waals surface area contributed by atoms with E-state index in [2.05, 4.69) is 10.3 Å². The van der Waals surface area contributed by atoms with Gasteiger partial charge in [0.25, 0.3) is 0 Å². The molecule has 0 radical (unpaired) electrons. The number of sulfone groups is 1. The van der Waals surface area contributed by atoms with Crippen LogP contribution in [0.4, 0.5) is 0 Å². The lowest BCUT2D eigenvalue weighted by Gasteiger charge is -2.27. The number of fused-ring (bicyclic) bond motifs is 1. The Hall–Kier alpha value is -2.35. The molecule has 0 saturated carbocycles. The summed E-state index contributed by atoms with van der Waals surface area (Å²) in [6.07, 6.45) is 2.54. The lowest BCUT2D eigenvalue weighted by molar-refractivity contribution is -0.131. The lowest BCUT2D eigenvalue weighted by Crippen LogP contribution is -2.44. The van der Waals surface area contributed by atoms with Gasteiger partial charge in [-0.2, -0.15) is 0 Å². The van der Waals surface area contributed by atoms with E-state index in [0.717, 1.165) is 16.5 Å². The molecule has 3 rings (SSSR count). The first-order valence-electron chi connectivity index (χ1n) is 8.65. The fraction of sp³-hybridized carbons (Fsp3) is 0.444. The Balaban J connectivity index is 1.53. The van der Waals surface area contributed by atoms with Crippen molar-refractivity contribution in [3.63, 3.8) is 0 Å². The molecule has 140 valence electrons. The minimum Gasteiger partial charge on any atom is -0.361 e. The summed E-state index contributed by atoms with van der Waals surface area (Å²) in [7, 11) is -3.06. The molecule has 2 N–H and O–H groups in total. The van der Waals surface area contributed by atoms with Crippen molar-refractivity contribution in [2.24, 2.45) is 0 Å². The summed E-state index contributed by atoms with van der Waals surface area (Å²) in [6.45, 7) is 2.05. The van der Waals surface area contributed by atoms with Crippen LogP contribution in [0.3, 0.4) is 0 Å². The summed E-state index contributed by atoms with van der Waals surface area (Å²) < 4.78 is 23.2. The van der Waals surface area contributed by atoms with Gasteiger partial charge in [0.05, 0.1) is 17.9 Å². The third kappa shape index (κ3) is 4.24. The number of para-hydroxylation sites is 1. The van der Waals surface area contributed by atoms with E-state index in [0.29, 0.717) is 19.5 Å². The van der Waals surface area contributed by atoms with Crippen LogP contribution in [0.15, 0.2) is 30.5 Å². The molecule has 26 heavy (non-hydrogen) atoms. The molecule has 1 atom stereocenters. The summed E-state index contributed by atoms with van der Waals surface area (Å²) in [5.74, 6) is -0.167. The van der Waals surface area contributed by atoms with Crippen LogP contribution in [0.5, 0.6) is 0 Å². The maximum Gasteiger partial charge on any atom is 0.224 e. The number of amides is 2. The Morgan fingerprint density at radius 2 is 2.08 bits per heavy atom. The van der Waals surface area contributed by atoms with E-state index in [1.54, 1.807) is 4.90 Å². The van der Waals surface area contributed by atoms with Gasteiger partial charge in [-0.05, 0) is 18.1 Å². The molecule has 1 aliphatic heterocycles. The monoisotopic (exact) mass is 377 g/mol. The third-order valence-electron chi connectivity index (χ3n) is 4.75. The number of rotatable bonds is 6. The molecule has 1 aromatic heterocycles. The first-order chi connectivity index (χ1) is 12.4. The van der Waals surface area contributed by atoms with Gasteiger partial charge in [-0.25, -0.2) is 8.42 Å². The first kappa shape index (κ1) is 18.4. The molecule has 2 heterocycles. The van der Waals surface area contributed by atoms with Gasteiger partial charge in [0.1, 0.15) is 0 Å². The Bertz CT molecular complexity index is 919. The van der Waals surface area contributed by atoms with Gasteiger partial charge in [0, 0.05) is 43.2 Å². The molecule has 2 amide bonds. The first-order valence-corrected chi connectivity index (χ1v) is 10.5. The standard InChI is InChI=1S/C18H23N3O4S/c1-13(22)21(15-6-9-26(24,25)12-15)8-7-19-18(23)10-14-11-20-17-5-3-2-4-16(14)17/h2-5,11,15,20H,6-10,12H2,1H3,(H,19,23). The minimum atomic E-state index is -3.06. The maximum absolute atomic E-state index is 12.2. The lowest BCUT2D eigenvalue weighted by atomic mass is 10.1. The molecule has 1 saturated heterocycles. The fourth-order valence-corrected chi connectivity index (χ4v) is 5.18. The molecular weight excluding hydrogens is 354 g/mol. The van der Waals surface area contributed by atoms with E-state index in [4.69, 9.17) is 0 Å². The van der Waals surface area contributed by atoms with E-state index in [9.17, 15) is 18.0 Å². The molecule has 0 spiro atoms. The number of nitrogens with one attached hydrogen (secondary N) is 2. The van der Waals surface area contributed by atoms with E-state index >= 15 is 0 Å². The molecule has 1 aromatic carbocycles. The Kier molecular flexibility index (Phi) is 5.31. The van der Waals surface area contributed by atoms with Gasteiger partial charge < -0.3 is 15.2 Å². The second-order valence-corrected chi connectivity index (χ2v) is 8.88. The van der Waals surface area contributed by atoms with Crippen LogP contribution in [0.2, 0.25) is 0 Å². The SMILES string of the molecule is CC(=O)N(CCNC(=O)Cc1c[nH]c2ccccc12)C1CCS(=O)(=O)C1. The highest BCUT2D eigenvalue weighted by molar-refractivity contribution is 7.91. The van der Waals surface area contributed by atoms with Crippen LogP contribution >= 0.6 is 0 Å². The zero-order valence-corrected chi connectivity index (χ0v) is 15.5. The predicted molar refractivity (Wildman–Crippen MR) is 99.5 cm³/mol. The van der Waals surface area contributed by atoms with Crippen LogP contribution in [-0.2, 0) is 25.8 Å². The normalized spacial score (nSPS) is 18.7. The molecule has 2 aromatic rings. The van der Waals surface area contributed by atoms with Crippen LogP contribution < -0.4 is 5.32 Å². The number of nitrogens with zero attached hydrogens (tertiary/aromatic N) is 1. The van der Waals surface area contributed by atoms with E-state index in [1.165, 1.54) is 6.92 Å². The van der Waals surface area contributed by atoms with Crippen molar-refractivity contribution in [2.75, 3.05) is 24.6 Å². The van der Waals surface area contributed by atoms with Crippen molar-refractivity contribution >= 4 is 32.6 Å². The summed E-state index contributed by atoms with van der Waals surface area (Å²) in [6, 6.07) is 7.49. The highest BCUT2D eigenvalue weighted by Crippen LogP contribution is 2.19. The van der Waals surface area contributed by atoms with Gasteiger partial charge in [-0.1, -0.05) is 18.2 Å². The summed E-state index contributed by atoms with van der Waals surface area (Å²) in [5.41, 5.74) is 1.91. The highest BCUT2D eigenvalue weighted by atomic mass is 32.2. The second-order valence-electron chi connectivity index (χ2n) is 6.66. The van der Waals surface area contributed by atoms with Crippen molar-refractivity contribution in [2.45, 2.75) is 25.8 Å². The summed E-state index contributed by atoms with van der Waals surface area (Å²) in [5, 5.41) is 3.84. The fourth-order valence-electron chi connectivity index (χ4n) is 3.45. The molecule has 8 heteroatoms. The van der Waals surface area contributed by atoms with Crippen molar-refractivity contribution in [1.82, 2.24) is 15.2 Å². The minimum absolute atomic E-state index is 0.00979. The second kappa shape index (κ2) is 7.49. The van der Waals surface area contributed by atoms with Crippen molar-refractivity contribution in [3.05, 3.63) is 36.0 Å². The zero-order chi connectivity index (χ0) is 18.7. The van der Waals surface area contributed by atoms with Crippen molar-refractivity contribution in [3.8, 4) is 0 Å². The van der Waals surface area contributed by atoms with Crippen LogP contribution in [-0.4, -0.2) is 60.8 Å². The average molecular weight is 377 g/mol. The number of H-pyrrole nitrogens is 1. The molecule has 7 nitrogen and oxygen atoms in total. The number of carbonyl (C=O) groups is 2. The Labute approximate surface area is 152 Å². The number of carbonyl (C=O) groups excluding carboxylic acids is 2. The molecular formula is C18H23N3O4S. The number of aromatic nitrogens is 1. The number of aromatic amines is 1. The van der Waals surface area contributed by atoms with E-state index < -0.39 is 9.84 Å². The van der Waals surface area contributed by atoms with Gasteiger partial charge >= 0.3 is 0 Å². The maximum atomic E-state index is 12.2. The van der Waals surface area contributed by atoms with Gasteiger partial charge in [-0.3, -0.25) is 9.59 Å². The molecule has 0 bridgehead atoms. The van der Waals surface area contributed by atoms with Crippen molar-refractivity contribution in [1.29, 1.82) is 0 Å². The number of hydrogen-bond acceptors (Lipinski definition) is 4. The van der Waals surface area contributed by atoms with E-state index in [-0.39, 0.29) is 35.8 Å². The Morgan fingerprint density at radius 1 is 1.31 bits per heavy atom. The quantitative estimate of drug-likeness (QED) is 0.780. The average Bonchev–Trinajstić information content (AvgIpc) is 3.15. The molecule has 1 aliphatic rings. The van der Waals surface area contributed by atoms with Gasteiger partial charge in [0.2, 0.25) is 11.8 Å². The molecule has 0 aliphatic carbocycles. The Morgan fingerprint density at radius 3 is 2.77 bits per heavy atom. The summed E-state index contributed by atoms with van der Waals surface area (Å²) in [4.78, 5) is 28.7. The van der Waals surface area contributed by atoms with Gasteiger partial charge in [-0.15, -0.1) is 0 Å². The topological polar surface area (TPSA) is 99.3 Å². The molecule has 1 fully saturated rings. The van der Waals surface area contributed by atoms with Gasteiger partial charge in [0.15, 0.2) is 9.84 Å². The number of hydrogen-bond donors (Lipinski definition) is 2. The smallest absolute Gasteiger partial charge is 0.224 e. The summed E-state index contributed by atoms with van der Waals surface area (Å²) >= 11 is 0. The van der Waals surface area contributed by atoms with Crippen LogP contribution in [0.1, 0.15) is 18.9 Å². The van der Waals surface area contributed by atoms with E-state index in [1.807, 2.05) is 30.5 Å². The third-order valence-corrected chi connectivity index (χ3v) is 6.50. The van der Waals surface area contributed by atoms with Crippen LogP contribution in [0, 0.1) is 0 Å². The van der Waals surface area contributed by atoms with Crippen LogP contribution in [0.25, 0.3) is 10.9 Å².